The molecule has 0 aromatic heterocycles. The van der Waals surface area contributed by atoms with Gasteiger partial charge in [-0.3, -0.25) is 0 Å². The molecule has 1 atom stereocenters. The average Bonchev–Trinajstić information content (AvgIpc) is 2.10. The van der Waals surface area contributed by atoms with E-state index in [2.05, 4.69) is 15.9 Å². The van der Waals surface area contributed by atoms with Crippen molar-refractivity contribution in [2.24, 2.45) is 11.1 Å². The fourth-order valence-electron chi connectivity index (χ4n) is 1.29. The Morgan fingerprint density at radius 3 is 2.31 bits per heavy atom. The van der Waals surface area contributed by atoms with E-state index in [9.17, 15) is 5.11 Å². The molecule has 0 radical (unpaired) electrons. The SMILES string of the molecule is CC(C)(C)[C@H](N)c1c(Br)ccc(Cl)c1O.Cl. The molecule has 92 valence electrons. The fourth-order valence-corrected chi connectivity index (χ4v) is 2.02. The van der Waals surface area contributed by atoms with Crippen molar-refractivity contribution >= 4 is 39.9 Å². The maximum Gasteiger partial charge on any atom is 0.140 e. The molecule has 0 saturated carbocycles. The highest BCUT2D eigenvalue weighted by Crippen LogP contribution is 2.42. The second kappa shape index (κ2) is 5.58. The second-order valence-electron chi connectivity index (χ2n) is 4.64. The molecule has 0 aliphatic rings. The molecule has 0 aliphatic heterocycles. The molecule has 1 aromatic rings. The Labute approximate surface area is 116 Å². The molecule has 0 saturated heterocycles. The lowest BCUT2D eigenvalue weighted by Crippen LogP contribution is -2.26. The van der Waals surface area contributed by atoms with E-state index >= 15 is 0 Å². The zero-order chi connectivity index (χ0) is 11.8. The van der Waals surface area contributed by atoms with Crippen molar-refractivity contribution in [2.75, 3.05) is 0 Å². The minimum atomic E-state index is -0.273. The first-order valence-corrected chi connectivity index (χ1v) is 5.84. The quantitative estimate of drug-likeness (QED) is 0.808. The first-order valence-electron chi connectivity index (χ1n) is 4.67. The van der Waals surface area contributed by atoms with E-state index in [0.29, 0.717) is 10.6 Å². The molecule has 1 aromatic carbocycles. The summed E-state index contributed by atoms with van der Waals surface area (Å²) in [4.78, 5) is 0. The first kappa shape index (κ1) is 16.0. The van der Waals surface area contributed by atoms with Gasteiger partial charge in [-0.1, -0.05) is 48.3 Å². The Hall–Kier alpha value is 0.0400. The van der Waals surface area contributed by atoms with Gasteiger partial charge >= 0.3 is 0 Å². The zero-order valence-electron chi connectivity index (χ0n) is 9.42. The van der Waals surface area contributed by atoms with Crippen LogP contribution in [0, 0.1) is 5.41 Å². The third-order valence-corrected chi connectivity index (χ3v) is 3.36. The molecule has 0 aliphatic carbocycles. The van der Waals surface area contributed by atoms with Crippen molar-refractivity contribution in [3.63, 3.8) is 0 Å². The van der Waals surface area contributed by atoms with Gasteiger partial charge in [0.1, 0.15) is 5.75 Å². The lowest BCUT2D eigenvalue weighted by Gasteiger charge is -2.29. The molecule has 3 N–H and O–H groups in total. The second-order valence-corrected chi connectivity index (χ2v) is 5.90. The third kappa shape index (κ3) is 3.27. The van der Waals surface area contributed by atoms with Crippen LogP contribution < -0.4 is 5.73 Å². The predicted octanol–water partition coefficient (Wildman–Crippen LogP) is 4.28. The van der Waals surface area contributed by atoms with Gasteiger partial charge in [-0.2, -0.15) is 0 Å². The summed E-state index contributed by atoms with van der Waals surface area (Å²) in [5.41, 5.74) is 6.62. The van der Waals surface area contributed by atoms with Crippen LogP contribution in [0.25, 0.3) is 0 Å². The summed E-state index contributed by atoms with van der Waals surface area (Å²) in [6.45, 7) is 6.05. The summed E-state index contributed by atoms with van der Waals surface area (Å²) in [6, 6.07) is 3.16. The molecular formula is C11H16BrCl2NO. The van der Waals surface area contributed by atoms with Gasteiger partial charge in [0.25, 0.3) is 0 Å². The number of phenols is 1. The standard InChI is InChI=1S/C11H15BrClNO.ClH/c1-11(2,3)10(14)8-6(12)4-5-7(13)9(8)15;/h4-5,10,15H,14H2,1-3H3;1H/t10-;/m1./s1. The maximum atomic E-state index is 9.87. The number of halogens is 3. The van der Waals surface area contributed by atoms with E-state index in [1.165, 1.54) is 0 Å². The summed E-state index contributed by atoms with van der Waals surface area (Å²) in [5, 5.41) is 10.2. The topological polar surface area (TPSA) is 46.2 Å². The minimum Gasteiger partial charge on any atom is -0.506 e. The third-order valence-electron chi connectivity index (χ3n) is 2.36. The molecule has 0 unspecified atom stereocenters. The van der Waals surface area contributed by atoms with Crippen LogP contribution in [-0.4, -0.2) is 5.11 Å². The highest BCUT2D eigenvalue weighted by molar-refractivity contribution is 9.10. The molecular weight excluding hydrogens is 313 g/mol. The van der Waals surface area contributed by atoms with Gasteiger partial charge in [-0.05, 0) is 17.5 Å². The van der Waals surface area contributed by atoms with E-state index in [1.54, 1.807) is 12.1 Å². The van der Waals surface area contributed by atoms with E-state index in [4.69, 9.17) is 17.3 Å². The minimum absolute atomic E-state index is 0. The number of rotatable bonds is 1. The number of phenolic OH excluding ortho intramolecular Hbond substituents is 1. The van der Waals surface area contributed by atoms with Crippen LogP contribution in [0.5, 0.6) is 5.75 Å². The summed E-state index contributed by atoms with van der Waals surface area (Å²) >= 11 is 9.23. The van der Waals surface area contributed by atoms with Crippen molar-refractivity contribution in [2.45, 2.75) is 26.8 Å². The van der Waals surface area contributed by atoms with Crippen LogP contribution in [0.4, 0.5) is 0 Å². The Morgan fingerprint density at radius 1 is 1.38 bits per heavy atom. The number of aromatic hydroxyl groups is 1. The van der Waals surface area contributed by atoms with Gasteiger partial charge in [0.05, 0.1) is 5.02 Å². The van der Waals surface area contributed by atoms with Crippen molar-refractivity contribution in [3.05, 3.63) is 27.2 Å². The Balaban J connectivity index is 0.00000225. The Bertz CT molecular complexity index is 377. The summed E-state index contributed by atoms with van der Waals surface area (Å²) in [5.74, 6) is 0.0634. The van der Waals surface area contributed by atoms with Crippen LogP contribution in [0.1, 0.15) is 32.4 Å². The number of hydrogen-bond donors (Lipinski definition) is 2. The van der Waals surface area contributed by atoms with Crippen LogP contribution >= 0.6 is 39.9 Å². The monoisotopic (exact) mass is 327 g/mol. The fraction of sp³-hybridized carbons (Fsp3) is 0.455. The van der Waals surface area contributed by atoms with Crippen LogP contribution in [-0.2, 0) is 0 Å². The molecule has 0 bridgehead atoms. The summed E-state index contributed by atoms with van der Waals surface area (Å²) in [7, 11) is 0. The molecule has 5 heteroatoms. The van der Waals surface area contributed by atoms with E-state index < -0.39 is 0 Å². The average molecular weight is 329 g/mol. The highest BCUT2D eigenvalue weighted by atomic mass is 79.9. The molecule has 0 amide bonds. The van der Waals surface area contributed by atoms with Crippen molar-refractivity contribution in [1.29, 1.82) is 0 Å². The first-order chi connectivity index (χ1) is 6.75. The van der Waals surface area contributed by atoms with Crippen molar-refractivity contribution in [1.82, 2.24) is 0 Å². The van der Waals surface area contributed by atoms with E-state index in [-0.39, 0.29) is 29.6 Å². The maximum absolute atomic E-state index is 9.87. The van der Waals surface area contributed by atoms with E-state index in [0.717, 1.165) is 4.47 Å². The van der Waals surface area contributed by atoms with Gasteiger partial charge in [-0.25, -0.2) is 0 Å². The lowest BCUT2D eigenvalue weighted by atomic mass is 9.83. The lowest BCUT2D eigenvalue weighted by molar-refractivity contribution is 0.317. The Morgan fingerprint density at radius 2 is 1.88 bits per heavy atom. The summed E-state index contributed by atoms with van der Waals surface area (Å²) < 4.78 is 0.784. The van der Waals surface area contributed by atoms with Gasteiger partial charge in [0, 0.05) is 16.1 Å². The Kier molecular flexibility index (Phi) is 5.60. The van der Waals surface area contributed by atoms with Crippen molar-refractivity contribution in [3.8, 4) is 5.75 Å². The highest BCUT2D eigenvalue weighted by Gasteiger charge is 2.27. The van der Waals surface area contributed by atoms with Crippen LogP contribution in [0.3, 0.4) is 0 Å². The molecule has 1 rings (SSSR count). The number of benzene rings is 1. The van der Waals surface area contributed by atoms with Gasteiger partial charge < -0.3 is 10.8 Å². The molecule has 0 spiro atoms. The predicted molar refractivity (Wildman–Crippen MR) is 74.4 cm³/mol. The molecule has 16 heavy (non-hydrogen) atoms. The molecule has 0 fully saturated rings. The van der Waals surface area contributed by atoms with Gasteiger partial charge in [0.15, 0.2) is 0 Å². The van der Waals surface area contributed by atoms with Gasteiger partial charge in [0.2, 0.25) is 0 Å². The summed E-state index contributed by atoms with van der Waals surface area (Å²) in [6.07, 6.45) is 0. The number of hydrogen-bond acceptors (Lipinski definition) is 2. The zero-order valence-corrected chi connectivity index (χ0v) is 12.6. The van der Waals surface area contributed by atoms with Crippen LogP contribution in [0.15, 0.2) is 16.6 Å². The molecule has 0 heterocycles. The van der Waals surface area contributed by atoms with Crippen molar-refractivity contribution < 1.29 is 5.11 Å². The largest absolute Gasteiger partial charge is 0.506 e. The molecule has 2 nitrogen and oxygen atoms in total. The van der Waals surface area contributed by atoms with E-state index in [1.807, 2.05) is 20.8 Å². The smallest absolute Gasteiger partial charge is 0.140 e. The normalized spacial score (nSPS) is 13.1. The number of nitrogens with two attached hydrogens (primary N) is 1. The van der Waals surface area contributed by atoms with Crippen LogP contribution in [0.2, 0.25) is 5.02 Å². The van der Waals surface area contributed by atoms with Gasteiger partial charge in [-0.15, -0.1) is 12.4 Å².